The number of rotatable bonds is 6. The molecule has 0 fully saturated rings. The van der Waals surface area contributed by atoms with E-state index in [4.69, 9.17) is 12.2 Å². The number of thiocarbonyl (C=S) groups is 1. The van der Waals surface area contributed by atoms with Crippen molar-refractivity contribution in [2.45, 2.75) is 34.6 Å². The van der Waals surface area contributed by atoms with E-state index in [1.54, 1.807) is 0 Å². The van der Waals surface area contributed by atoms with E-state index in [1.165, 1.54) is 27.9 Å². The summed E-state index contributed by atoms with van der Waals surface area (Å²) in [5.74, 6) is 0. The maximum Gasteiger partial charge on any atom is 0.170 e. The highest BCUT2D eigenvalue weighted by Gasteiger charge is 2.06. The molecule has 2 aromatic carbocycles. The van der Waals surface area contributed by atoms with Crippen molar-refractivity contribution >= 4 is 28.7 Å². The lowest BCUT2D eigenvalue weighted by Crippen LogP contribution is -2.37. The molecule has 0 radical (unpaired) electrons. The Kier molecular flexibility index (Phi) is 6.82. The molecular weight excluding hydrogens is 326 g/mol. The van der Waals surface area contributed by atoms with Gasteiger partial charge in [0, 0.05) is 31.0 Å². The summed E-state index contributed by atoms with van der Waals surface area (Å²) >= 11 is 5.46. The lowest BCUT2D eigenvalue weighted by Gasteiger charge is -2.24. The SMILES string of the molecule is CCN(CCNC(=S)Nc1cc(C)c(C)cc1C)c1cccc(C)c1. The van der Waals surface area contributed by atoms with E-state index in [-0.39, 0.29) is 0 Å². The van der Waals surface area contributed by atoms with Gasteiger partial charge in [-0.05, 0) is 87.3 Å². The maximum absolute atomic E-state index is 5.46. The molecule has 2 N–H and O–H groups in total. The highest BCUT2D eigenvalue weighted by Crippen LogP contribution is 2.20. The monoisotopic (exact) mass is 355 g/mol. The van der Waals surface area contributed by atoms with Gasteiger partial charge in [0.05, 0.1) is 0 Å². The van der Waals surface area contributed by atoms with Gasteiger partial charge in [-0.15, -0.1) is 0 Å². The molecule has 0 unspecified atom stereocenters. The molecule has 3 nitrogen and oxygen atoms in total. The van der Waals surface area contributed by atoms with Crippen LogP contribution in [0.2, 0.25) is 0 Å². The molecule has 4 heteroatoms. The maximum atomic E-state index is 5.46. The second-order valence-electron chi connectivity index (χ2n) is 6.55. The van der Waals surface area contributed by atoms with E-state index in [2.05, 4.69) is 86.6 Å². The molecule has 0 saturated carbocycles. The number of nitrogens with zero attached hydrogens (tertiary/aromatic N) is 1. The molecule has 134 valence electrons. The van der Waals surface area contributed by atoms with E-state index >= 15 is 0 Å². The van der Waals surface area contributed by atoms with Gasteiger partial charge in [-0.25, -0.2) is 0 Å². The van der Waals surface area contributed by atoms with Crippen LogP contribution in [-0.2, 0) is 0 Å². The van der Waals surface area contributed by atoms with Crippen LogP contribution in [0, 0.1) is 27.7 Å². The van der Waals surface area contributed by atoms with E-state index in [1.807, 2.05) is 0 Å². The van der Waals surface area contributed by atoms with E-state index < -0.39 is 0 Å². The lowest BCUT2D eigenvalue weighted by molar-refractivity contribution is 0.779. The average Bonchev–Trinajstić information content (AvgIpc) is 2.56. The fourth-order valence-electron chi connectivity index (χ4n) is 2.86. The standard InChI is InChI=1S/C21H29N3S/c1-6-24(19-9-7-8-15(2)12-19)11-10-22-21(25)23-20-14-17(4)16(3)13-18(20)5/h7-9,12-14H,6,10-11H2,1-5H3,(H2,22,23,25). The Morgan fingerprint density at radius 1 is 1.00 bits per heavy atom. The molecule has 2 rings (SSSR count). The molecule has 0 amide bonds. The number of likely N-dealkylation sites (N-methyl/N-ethyl adjacent to an activating group) is 1. The van der Waals surface area contributed by atoms with Gasteiger partial charge < -0.3 is 15.5 Å². The van der Waals surface area contributed by atoms with Crippen molar-refractivity contribution < 1.29 is 0 Å². The zero-order valence-electron chi connectivity index (χ0n) is 15.9. The first kappa shape index (κ1) is 19.3. The van der Waals surface area contributed by atoms with E-state index in [9.17, 15) is 0 Å². The number of benzene rings is 2. The summed E-state index contributed by atoms with van der Waals surface area (Å²) in [5, 5.41) is 7.31. The highest BCUT2D eigenvalue weighted by atomic mass is 32.1. The van der Waals surface area contributed by atoms with Crippen molar-refractivity contribution in [2.75, 3.05) is 29.9 Å². The highest BCUT2D eigenvalue weighted by molar-refractivity contribution is 7.80. The van der Waals surface area contributed by atoms with Crippen molar-refractivity contribution in [1.82, 2.24) is 5.32 Å². The molecule has 0 saturated heterocycles. The van der Waals surface area contributed by atoms with Gasteiger partial charge in [0.15, 0.2) is 5.11 Å². The number of nitrogens with one attached hydrogen (secondary N) is 2. The van der Waals surface area contributed by atoms with Crippen molar-refractivity contribution in [2.24, 2.45) is 0 Å². The zero-order valence-corrected chi connectivity index (χ0v) is 16.8. The predicted octanol–water partition coefficient (Wildman–Crippen LogP) is 4.73. The van der Waals surface area contributed by atoms with E-state index in [0.29, 0.717) is 5.11 Å². The molecule has 2 aromatic rings. The van der Waals surface area contributed by atoms with Gasteiger partial charge in [-0.2, -0.15) is 0 Å². The molecule has 0 aromatic heterocycles. The fourth-order valence-corrected chi connectivity index (χ4v) is 3.07. The third-order valence-electron chi connectivity index (χ3n) is 4.50. The minimum absolute atomic E-state index is 0.673. The van der Waals surface area contributed by atoms with Crippen LogP contribution in [0.25, 0.3) is 0 Å². The summed E-state index contributed by atoms with van der Waals surface area (Å²) in [7, 11) is 0. The molecule has 0 aliphatic rings. The fraction of sp³-hybridized carbons (Fsp3) is 0.381. The smallest absolute Gasteiger partial charge is 0.170 e. The second kappa shape index (κ2) is 8.86. The zero-order chi connectivity index (χ0) is 18.4. The van der Waals surface area contributed by atoms with Gasteiger partial charge in [0.25, 0.3) is 0 Å². The first-order valence-electron chi connectivity index (χ1n) is 8.85. The van der Waals surface area contributed by atoms with Crippen molar-refractivity contribution in [1.29, 1.82) is 0 Å². The predicted molar refractivity (Wildman–Crippen MR) is 114 cm³/mol. The molecule has 0 heterocycles. The first-order valence-corrected chi connectivity index (χ1v) is 9.26. The van der Waals surface area contributed by atoms with Crippen molar-refractivity contribution in [3.63, 3.8) is 0 Å². The number of anilines is 2. The Labute approximate surface area is 157 Å². The molecule has 0 spiro atoms. The Morgan fingerprint density at radius 3 is 2.40 bits per heavy atom. The summed E-state index contributed by atoms with van der Waals surface area (Å²) in [4.78, 5) is 2.35. The van der Waals surface area contributed by atoms with Crippen LogP contribution >= 0.6 is 12.2 Å². The van der Waals surface area contributed by atoms with Crippen molar-refractivity contribution in [3.8, 4) is 0 Å². The third-order valence-corrected chi connectivity index (χ3v) is 4.75. The summed E-state index contributed by atoms with van der Waals surface area (Å²) < 4.78 is 0. The van der Waals surface area contributed by atoms with Crippen LogP contribution < -0.4 is 15.5 Å². The largest absolute Gasteiger partial charge is 0.370 e. The van der Waals surface area contributed by atoms with Crippen LogP contribution in [0.15, 0.2) is 36.4 Å². The van der Waals surface area contributed by atoms with Crippen molar-refractivity contribution in [3.05, 3.63) is 58.7 Å². The van der Waals surface area contributed by atoms with Gasteiger partial charge in [-0.1, -0.05) is 18.2 Å². The summed E-state index contributed by atoms with van der Waals surface area (Å²) in [6.45, 7) is 13.4. The minimum atomic E-state index is 0.673. The quantitative estimate of drug-likeness (QED) is 0.732. The molecule has 0 atom stereocenters. The average molecular weight is 356 g/mol. The van der Waals surface area contributed by atoms with Crippen LogP contribution in [0.4, 0.5) is 11.4 Å². The topological polar surface area (TPSA) is 27.3 Å². The Morgan fingerprint density at radius 2 is 1.72 bits per heavy atom. The third kappa shape index (κ3) is 5.46. The Bertz CT molecular complexity index is 740. The van der Waals surface area contributed by atoms with Crippen LogP contribution in [0.1, 0.15) is 29.2 Å². The molecular formula is C21H29N3S. The summed E-state index contributed by atoms with van der Waals surface area (Å²) in [6, 6.07) is 13.0. The number of aryl methyl sites for hydroxylation is 4. The van der Waals surface area contributed by atoms with Gasteiger partial charge in [0.2, 0.25) is 0 Å². The van der Waals surface area contributed by atoms with Gasteiger partial charge >= 0.3 is 0 Å². The molecule has 0 bridgehead atoms. The summed E-state index contributed by atoms with van der Waals surface area (Å²) in [6.07, 6.45) is 0. The molecule has 25 heavy (non-hydrogen) atoms. The second-order valence-corrected chi connectivity index (χ2v) is 6.96. The first-order chi connectivity index (χ1) is 11.9. The number of hydrogen-bond acceptors (Lipinski definition) is 2. The van der Waals surface area contributed by atoms with Crippen LogP contribution in [0.5, 0.6) is 0 Å². The molecule has 0 aliphatic carbocycles. The normalized spacial score (nSPS) is 10.4. The molecule has 0 aliphatic heterocycles. The van der Waals surface area contributed by atoms with Gasteiger partial charge in [0.1, 0.15) is 0 Å². The Hall–Kier alpha value is -2.07. The number of hydrogen-bond donors (Lipinski definition) is 2. The van der Waals surface area contributed by atoms with Crippen LogP contribution in [-0.4, -0.2) is 24.7 Å². The lowest BCUT2D eigenvalue weighted by atomic mass is 10.1. The van der Waals surface area contributed by atoms with Crippen LogP contribution in [0.3, 0.4) is 0 Å². The van der Waals surface area contributed by atoms with E-state index in [0.717, 1.165) is 25.3 Å². The summed E-state index contributed by atoms with van der Waals surface area (Å²) in [5.41, 5.74) is 7.40. The van der Waals surface area contributed by atoms with Gasteiger partial charge in [-0.3, -0.25) is 0 Å². The Balaban J connectivity index is 1.88. The minimum Gasteiger partial charge on any atom is -0.370 e.